The van der Waals surface area contributed by atoms with E-state index in [0.717, 1.165) is 68.3 Å². The van der Waals surface area contributed by atoms with Crippen molar-refractivity contribution in [2.75, 3.05) is 46.4 Å². The maximum atomic E-state index is 6.36. The Hall–Kier alpha value is -2.67. The van der Waals surface area contributed by atoms with Crippen LogP contribution in [0, 0.1) is 5.92 Å². The molecule has 6 nitrogen and oxygen atoms in total. The highest BCUT2D eigenvalue weighted by atomic mass is 16.5. The van der Waals surface area contributed by atoms with E-state index in [0.29, 0.717) is 5.92 Å². The second-order valence-electron chi connectivity index (χ2n) is 9.74. The summed E-state index contributed by atoms with van der Waals surface area (Å²) in [7, 11) is 2.20. The van der Waals surface area contributed by atoms with Crippen LogP contribution < -0.4 is 4.74 Å². The fourth-order valence-electron chi connectivity index (χ4n) is 4.95. The van der Waals surface area contributed by atoms with Crippen LogP contribution in [0.25, 0.3) is 23.1 Å². The van der Waals surface area contributed by atoms with Crippen molar-refractivity contribution in [3.63, 3.8) is 0 Å². The van der Waals surface area contributed by atoms with E-state index >= 15 is 0 Å². The van der Waals surface area contributed by atoms with Crippen LogP contribution in [-0.4, -0.2) is 72.5 Å². The molecule has 1 unspecified atom stereocenters. The van der Waals surface area contributed by atoms with Gasteiger partial charge in [-0.2, -0.15) is 5.10 Å². The quantitative estimate of drug-likeness (QED) is 0.555. The van der Waals surface area contributed by atoms with Crippen LogP contribution in [0.5, 0.6) is 5.75 Å². The van der Waals surface area contributed by atoms with Crippen LogP contribution in [0.4, 0.5) is 0 Å². The third-order valence-corrected chi connectivity index (χ3v) is 7.24. The Morgan fingerprint density at radius 3 is 2.59 bits per heavy atom. The summed E-state index contributed by atoms with van der Waals surface area (Å²) in [6, 6.07) is 15.0. The van der Waals surface area contributed by atoms with Gasteiger partial charge in [-0.25, -0.2) is 0 Å². The first-order valence-electron chi connectivity index (χ1n) is 12.5. The zero-order valence-electron chi connectivity index (χ0n) is 20.4. The van der Waals surface area contributed by atoms with Gasteiger partial charge in [-0.05, 0) is 81.2 Å². The van der Waals surface area contributed by atoms with E-state index in [4.69, 9.17) is 9.47 Å². The summed E-state index contributed by atoms with van der Waals surface area (Å²) in [4.78, 5) is 4.84. The van der Waals surface area contributed by atoms with Gasteiger partial charge in [0.25, 0.3) is 0 Å². The maximum absolute atomic E-state index is 6.36. The van der Waals surface area contributed by atoms with Gasteiger partial charge >= 0.3 is 0 Å². The first-order valence-corrected chi connectivity index (χ1v) is 12.5. The SMILES string of the molecule is CC(Oc1ccc2[nH]nc(/C=C/c3ccc(CN4CCOCC4)cc3)c2c1)C1CCN(C)CC1. The number of nitrogens with zero attached hydrogens (tertiary/aromatic N) is 3. The van der Waals surface area contributed by atoms with E-state index in [2.05, 4.69) is 82.5 Å². The Morgan fingerprint density at radius 2 is 1.82 bits per heavy atom. The summed E-state index contributed by atoms with van der Waals surface area (Å²) in [5, 5.41) is 8.77. The highest BCUT2D eigenvalue weighted by Gasteiger charge is 2.23. The molecule has 0 saturated carbocycles. The molecule has 0 amide bonds. The number of ether oxygens (including phenoxy) is 2. The topological polar surface area (TPSA) is 53.6 Å². The first kappa shape index (κ1) is 23.1. The lowest BCUT2D eigenvalue weighted by atomic mass is 9.92. The maximum Gasteiger partial charge on any atom is 0.120 e. The summed E-state index contributed by atoms with van der Waals surface area (Å²) >= 11 is 0. The summed E-state index contributed by atoms with van der Waals surface area (Å²) in [5.74, 6) is 1.53. The van der Waals surface area contributed by atoms with Crippen molar-refractivity contribution in [2.24, 2.45) is 5.92 Å². The molecule has 180 valence electrons. The number of morpholine rings is 1. The molecule has 1 N–H and O–H groups in total. The Balaban J connectivity index is 1.23. The van der Waals surface area contributed by atoms with Crippen LogP contribution in [-0.2, 0) is 11.3 Å². The lowest BCUT2D eigenvalue weighted by molar-refractivity contribution is 0.0342. The number of H-pyrrole nitrogens is 1. The smallest absolute Gasteiger partial charge is 0.120 e. The molecule has 1 atom stereocenters. The summed E-state index contributed by atoms with van der Waals surface area (Å²) in [6.45, 7) is 9.19. The number of aromatic nitrogens is 2. The van der Waals surface area contributed by atoms with Gasteiger partial charge in [-0.15, -0.1) is 0 Å². The molecule has 0 spiro atoms. The Bertz CT molecular complexity index is 1090. The van der Waals surface area contributed by atoms with E-state index < -0.39 is 0 Å². The van der Waals surface area contributed by atoms with Crippen LogP contribution in [0.2, 0.25) is 0 Å². The number of piperidine rings is 1. The number of aromatic amines is 1. The number of hydrogen-bond donors (Lipinski definition) is 1. The molecule has 0 radical (unpaired) electrons. The summed E-state index contributed by atoms with van der Waals surface area (Å²) in [6.07, 6.45) is 6.83. The van der Waals surface area contributed by atoms with Crippen molar-refractivity contribution in [1.82, 2.24) is 20.0 Å². The van der Waals surface area contributed by atoms with Crippen molar-refractivity contribution < 1.29 is 9.47 Å². The molecular weight excluding hydrogens is 424 g/mol. The Morgan fingerprint density at radius 1 is 1.06 bits per heavy atom. The predicted octanol–water partition coefficient (Wildman–Crippen LogP) is 4.67. The van der Waals surface area contributed by atoms with Crippen molar-refractivity contribution in [3.8, 4) is 5.75 Å². The standard InChI is InChI=1S/C28H36N4O2/c1-21(24-11-13-31(2)14-12-24)34-25-8-10-28-26(19-25)27(29-30-28)9-7-22-3-5-23(6-4-22)20-32-15-17-33-18-16-32/h3-10,19,21,24H,11-18,20H2,1-2H3,(H,29,30)/b9-7+. The third-order valence-electron chi connectivity index (χ3n) is 7.24. The molecule has 2 saturated heterocycles. The molecule has 3 heterocycles. The largest absolute Gasteiger partial charge is 0.490 e. The number of likely N-dealkylation sites (tertiary alicyclic amines) is 1. The van der Waals surface area contributed by atoms with Crippen LogP contribution in [0.3, 0.4) is 0 Å². The highest BCUT2D eigenvalue weighted by Crippen LogP contribution is 2.28. The van der Waals surface area contributed by atoms with E-state index in [1.807, 2.05) is 6.07 Å². The molecule has 2 aliphatic heterocycles. The minimum Gasteiger partial charge on any atom is -0.490 e. The molecule has 6 heteroatoms. The van der Waals surface area contributed by atoms with Gasteiger partial charge in [0.2, 0.25) is 0 Å². The van der Waals surface area contributed by atoms with Crippen molar-refractivity contribution >= 4 is 23.1 Å². The fourth-order valence-corrected chi connectivity index (χ4v) is 4.95. The number of rotatable bonds is 7. The van der Waals surface area contributed by atoms with Crippen molar-refractivity contribution in [3.05, 3.63) is 59.3 Å². The predicted molar refractivity (Wildman–Crippen MR) is 138 cm³/mol. The van der Waals surface area contributed by atoms with Gasteiger partial charge in [-0.1, -0.05) is 30.3 Å². The van der Waals surface area contributed by atoms with E-state index in [-0.39, 0.29) is 6.10 Å². The second-order valence-corrected chi connectivity index (χ2v) is 9.74. The Labute approximate surface area is 202 Å². The van der Waals surface area contributed by atoms with Crippen LogP contribution in [0.15, 0.2) is 42.5 Å². The van der Waals surface area contributed by atoms with E-state index in [1.165, 1.54) is 24.0 Å². The molecule has 0 bridgehead atoms. The molecule has 2 aromatic carbocycles. The van der Waals surface area contributed by atoms with Crippen molar-refractivity contribution in [1.29, 1.82) is 0 Å². The van der Waals surface area contributed by atoms with Crippen LogP contribution in [0.1, 0.15) is 36.6 Å². The Kier molecular flexibility index (Phi) is 7.28. The van der Waals surface area contributed by atoms with E-state index in [9.17, 15) is 0 Å². The first-order chi connectivity index (χ1) is 16.6. The molecule has 5 rings (SSSR count). The lowest BCUT2D eigenvalue weighted by Gasteiger charge is -2.32. The highest BCUT2D eigenvalue weighted by molar-refractivity contribution is 5.90. The van der Waals surface area contributed by atoms with Crippen molar-refractivity contribution in [2.45, 2.75) is 32.4 Å². The fraction of sp³-hybridized carbons (Fsp3) is 0.464. The van der Waals surface area contributed by atoms with E-state index in [1.54, 1.807) is 0 Å². The molecule has 0 aliphatic carbocycles. The minimum absolute atomic E-state index is 0.216. The zero-order valence-corrected chi connectivity index (χ0v) is 20.4. The minimum atomic E-state index is 0.216. The molecule has 2 aliphatic rings. The number of nitrogens with one attached hydrogen (secondary N) is 1. The average molecular weight is 461 g/mol. The van der Waals surface area contributed by atoms with Gasteiger partial charge in [-0.3, -0.25) is 10.00 Å². The molecule has 34 heavy (non-hydrogen) atoms. The number of fused-ring (bicyclic) bond motifs is 1. The average Bonchev–Trinajstić information content (AvgIpc) is 3.27. The van der Waals surface area contributed by atoms with Gasteiger partial charge in [0.1, 0.15) is 5.75 Å². The normalized spacial score (nSPS) is 19.7. The molecule has 3 aromatic rings. The monoisotopic (exact) mass is 460 g/mol. The second kappa shape index (κ2) is 10.7. The third kappa shape index (κ3) is 5.69. The van der Waals surface area contributed by atoms with Gasteiger partial charge in [0.05, 0.1) is 30.5 Å². The van der Waals surface area contributed by atoms with Gasteiger partial charge in [0.15, 0.2) is 0 Å². The lowest BCUT2D eigenvalue weighted by Crippen LogP contribution is -2.36. The zero-order chi connectivity index (χ0) is 23.3. The van der Waals surface area contributed by atoms with Gasteiger partial charge < -0.3 is 14.4 Å². The van der Waals surface area contributed by atoms with Crippen LogP contribution >= 0.6 is 0 Å². The summed E-state index contributed by atoms with van der Waals surface area (Å²) < 4.78 is 11.8. The molecular formula is C28H36N4O2. The number of hydrogen-bond acceptors (Lipinski definition) is 5. The number of benzene rings is 2. The molecule has 1 aromatic heterocycles. The molecule has 2 fully saturated rings. The summed E-state index contributed by atoms with van der Waals surface area (Å²) in [5.41, 5.74) is 4.47. The van der Waals surface area contributed by atoms with Gasteiger partial charge in [0, 0.05) is 25.0 Å².